The zero-order valence-corrected chi connectivity index (χ0v) is 8.31. The van der Waals surface area contributed by atoms with Crippen LogP contribution in [0.25, 0.3) is 0 Å². The second-order valence-corrected chi connectivity index (χ2v) is 3.77. The van der Waals surface area contributed by atoms with E-state index in [4.69, 9.17) is 18.0 Å². The lowest BCUT2D eigenvalue weighted by Gasteiger charge is -2.19. The summed E-state index contributed by atoms with van der Waals surface area (Å²) in [7, 11) is 0. The number of hydrogen-bond donors (Lipinski definition) is 1. The van der Waals surface area contributed by atoms with Gasteiger partial charge in [-0.25, -0.2) is 4.39 Å². The molecule has 1 heterocycles. The number of likely N-dealkylation sites (tertiary alicyclic amines) is 1. The Morgan fingerprint density at radius 1 is 1.77 bits per heavy atom. The smallest absolute Gasteiger partial charge is 0.232 e. The fraction of sp³-hybridized carbons (Fsp3) is 0.750. The van der Waals surface area contributed by atoms with Crippen molar-refractivity contribution in [2.24, 2.45) is 11.7 Å². The van der Waals surface area contributed by atoms with Crippen molar-refractivity contribution >= 4 is 23.1 Å². The maximum atomic E-state index is 12.7. The zero-order valence-electron chi connectivity index (χ0n) is 7.50. The van der Waals surface area contributed by atoms with Crippen LogP contribution in [0, 0.1) is 5.92 Å². The molecule has 0 aliphatic carbocycles. The highest BCUT2D eigenvalue weighted by Gasteiger charge is 2.29. The van der Waals surface area contributed by atoms with Crippen LogP contribution in [0.2, 0.25) is 0 Å². The third-order valence-corrected chi connectivity index (χ3v) is 2.59. The summed E-state index contributed by atoms with van der Waals surface area (Å²) in [5.41, 5.74) is 5.33. The Hall–Kier alpha value is -0.710. The molecule has 0 bridgehead atoms. The van der Waals surface area contributed by atoms with E-state index in [0.717, 1.165) is 0 Å². The summed E-state index contributed by atoms with van der Waals surface area (Å²) in [6.07, 6.45) is -0.460. The normalized spacial score (nSPS) is 24.5. The van der Waals surface area contributed by atoms with Crippen LogP contribution in [-0.2, 0) is 4.79 Å². The van der Waals surface area contributed by atoms with Crippen LogP contribution in [0.3, 0.4) is 0 Å². The first-order chi connectivity index (χ1) is 6.02. The van der Waals surface area contributed by atoms with Crippen molar-refractivity contribution in [3.05, 3.63) is 0 Å². The molecule has 74 valence electrons. The van der Waals surface area contributed by atoms with E-state index in [-0.39, 0.29) is 17.4 Å². The maximum absolute atomic E-state index is 12.7. The van der Waals surface area contributed by atoms with Crippen molar-refractivity contribution in [2.75, 3.05) is 13.1 Å². The van der Waals surface area contributed by atoms with E-state index < -0.39 is 12.1 Å². The Bertz CT molecular complexity index is 234. The highest BCUT2D eigenvalue weighted by Crippen LogP contribution is 2.15. The highest BCUT2D eigenvalue weighted by molar-refractivity contribution is 7.80. The van der Waals surface area contributed by atoms with Gasteiger partial charge in [0.1, 0.15) is 6.17 Å². The number of nitrogens with zero attached hydrogens (tertiary/aromatic N) is 1. The van der Waals surface area contributed by atoms with E-state index in [1.165, 1.54) is 4.90 Å². The van der Waals surface area contributed by atoms with Crippen molar-refractivity contribution in [1.82, 2.24) is 4.90 Å². The van der Waals surface area contributed by atoms with Gasteiger partial charge >= 0.3 is 0 Å². The molecule has 1 rings (SSSR count). The molecule has 1 fully saturated rings. The lowest BCUT2D eigenvalue weighted by atomic mass is 10.1. The summed E-state index contributed by atoms with van der Waals surface area (Å²) >= 11 is 4.70. The number of alkyl halides is 1. The van der Waals surface area contributed by atoms with Crippen molar-refractivity contribution in [3.8, 4) is 0 Å². The Labute approximate surface area is 82.1 Å². The lowest BCUT2D eigenvalue weighted by molar-refractivity contribution is -0.132. The number of carbonyl (C=O) groups is 1. The van der Waals surface area contributed by atoms with Crippen LogP contribution >= 0.6 is 12.2 Å². The average Bonchev–Trinajstić information content (AvgIpc) is 2.49. The number of halogens is 1. The minimum absolute atomic E-state index is 0.160. The Kier molecular flexibility index (Phi) is 3.19. The van der Waals surface area contributed by atoms with Crippen molar-refractivity contribution in [2.45, 2.75) is 19.5 Å². The standard InChI is InChI=1S/C8H13FN2OS/c1-5(7(10)13)8(12)11-3-2-6(9)4-11/h5-6H,2-4H2,1H3,(H2,10,13). The summed E-state index contributed by atoms with van der Waals surface area (Å²) in [6, 6.07) is 0. The first kappa shape index (κ1) is 10.4. The van der Waals surface area contributed by atoms with Gasteiger partial charge in [0, 0.05) is 6.54 Å². The predicted octanol–water partition coefficient (Wildman–Crippen LogP) is 0.479. The van der Waals surface area contributed by atoms with Crippen LogP contribution < -0.4 is 5.73 Å². The molecule has 2 N–H and O–H groups in total. The molecule has 0 spiro atoms. The van der Waals surface area contributed by atoms with Crippen LogP contribution in [0.4, 0.5) is 4.39 Å². The van der Waals surface area contributed by atoms with Crippen LogP contribution in [-0.4, -0.2) is 35.1 Å². The van der Waals surface area contributed by atoms with Gasteiger partial charge in [0.2, 0.25) is 5.91 Å². The molecule has 0 aromatic carbocycles. The monoisotopic (exact) mass is 204 g/mol. The Morgan fingerprint density at radius 2 is 2.38 bits per heavy atom. The van der Waals surface area contributed by atoms with Crippen LogP contribution in [0.1, 0.15) is 13.3 Å². The second-order valence-electron chi connectivity index (χ2n) is 3.29. The number of carbonyl (C=O) groups excluding carboxylic acids is 1. The summed E-state index contributed by atoms with van der Waals surface area (Å²) in [5.74, 6) is -0.632. The number of hydrogen-bond acceptors (Lipinski definition) is 2. The topological polar surface area (TPSA) is 46.3 Å². The Morgan fingerprint density at radius 3 is 2.77 bits per heavy atom. The molecule has 1 aliphatic rings. The quantitative estimate of drug-likeness (QED) is 0.665. The summed E-state index contributed by atoms with van der Waals surface area (Å²) in [5, 5.41) is 0. The van der Waals surface area contributed by atoms with Crippen molar-refractivity contribution in [1.29, 1.82) is 0 Å². The molecule has 1 aliphatic heterocycles. The molecule has 1 amide bonds. The zero-order chi connectivity index (χ0) is 10.0. The molecule has 0 saturated carbocycles. The van der Waals surface area contributed by atoms with Crippen molar-refractivity contribution in [3.63, 3.8) is 0 Å². The number of thiocarbonyl (C=S) groups is 1. The van der Waals surface area contributed by atoms with Gasteiger partial charge in [-0.1, -0.05) is 12.2 Å². The molecule has 2 atom stereocenters. The fourth-order valence-electron chi connectivity index (χ4n) is 1.31. The van der Waals surface area contributed by atoms with Gasteiger partial charge in [-0.05, 0) is 13.3 Å². The molecular weight excluding hydrogens is 191 g/mol. The number of amides is 1. The van der Waals surface area contributed by atoms with E-state index in [1.807, 2.05) is 0 Å². The molecule has 0 aromatic heterocycles. The van der Waals surface area contributed by atoms with E-state index in [1.54, 1.807) is 6.92 Å². The van der Waals surface area contributed by atoms with E-state index in [9.17, 15) is 9.18 Å². The number of nitrogens with two attached hydrogens (primary N) is 1. The largest absolute Gasteiger partial charge is 0.393 e. The van der Waals surface area contributed by atoms with Gasteiger partial charge in [0.15, 0.2) is 0 Å². The lowest BCUT2D eigenvalue weighted by Crippen LogP contribution is -2.38. The molecule has 1 saturated heterocycles. The van der Waals surface area contributed by atoms with Gasteiger partial charge in [-0.15, -0.1) is 0 Å². The van der Waals surface area contributed by atoms with E-state index in [2.05, 4.69) is 0 Å². The summed E-state index contributed by atoms with van der Waals surface area (Å²) < 4.78 is 12.7. The predicted molar refractivity (Wildman–Crippen MR) is 52.0 cm³/mol. The minimum Gasteiger partial charge on any atom is -0.393 e. The first-order valence-electron chi connectivity index (χ1n) is 4.24. The van der Waals surface area contributed by atoms with Crippen molar-refractivity contribution < 1.29 is 9.18 Å². The van der Waals surface area contributed by atoms with Crippen LogP contribution in [0.15, 0.2) is 0 Å². The second kappa shape index (κ2) is 4.00. The average molecular weight is 204 g/mol. The molecule has 0 radical (unpaired) electrons. The summed E-state index contributed by atoms with van der Waals surface area (Å²) in [6.45, 7) is 2.31. The SMILES string of the molecule is CC(C(=O)N1CCC(F)C1)C(N)=S. The van der Waals surface area contributed by atoms with Gasteiger partial charge in [0.25, 0.3) is 0 Å². The van der Waals surface area contributed by atoms with Gasteiger partial charge in [-0.3, -0.25) is 4.79 Å². The van der Waals surface area contributed by atoms with E-state index >= 15 is 0 Å². The minimum atomic E-state index is -0.887. The van der Waals surface area contributed by atoms with Gasteiger partial charge < -0.3 is 10.6 Å². The van der Waals surface area contributed by atoms with Gasteiger partial charge in [-0.2, -0.15) is 0 Å². The molecule has 0 aromatic rings. The molecule has 13 heavy (non-hydrogen) atoms. The highest BCUT2D eigenvalue weighted by atomic mass is 32.1. The molecule has 3 nitrogen and oxygen atoms in total. The third-order valence-electron chi connectivity index (χ3n) is 2.24. The Balaban J connectivity index is 2.53. The maximum Gasteiger partial charge on any atom is 0.232 e. The summed E-state index contributed by atoms with van der Waals surface area (Å²) in [4.78, 5) is 13.2. The fourth-order valence-corrected chi connectivity index (χ4v) is 1.41. The molecular formula is C8H13FN2OS. The third kappa shape index (κ3) is 2.37. The van der Waals surface area contributed by atoms with E-state index in [0.29, 0.717) is 13.0 Å². The first-order valence-corrected chi connectivity index (χ1v) is 4.65. The van der Waals surface area contributed by atoms with Gasteiger partial charge in [0.05, 0.1) is 17.5 Å². The van der Waals surface area contributed by atoms with Crippen LogP contribution in [0.5, 0.6) is 0 Å². The number of rotatable bonds is 2. The molecule has 2 unspecified atom stereocenters. The molecule has 5 heteroatoms.